The third kappa shape index (κ3) is 5.45. The van der Waals surface area contributed by atoms with Gasteiger partial charge in [-0.25, -0.2) is 0 Å². The van der Waals surface area contributed by atoms with Crippen LogP contribution in [0.15, 0.2) is 48.5 Å². The van der Waals surface area contributed by atoms with Gasteiger partial charge < -0.3 is 21.1 Å². The van der Waals surface area contributed by atoms with Crippen LogP contribution in [0.5, 0.6) is 5.75 Å². The van der Waals surface area contributed by atoms with Gasteiger partial charge in [0.05, 0.1) is 0 Å². The SMILES string of the molecule is CC(N)CCNC(=O)c1cccc(NC(=O)C2Cc3ccccc3O2)c1.Cl. The first kappa shape index (κ1) is 20.7. The summed E-state index contributed by atoms with van der Waals surface area (Å²) in [5.74, 6) is 0.330. The van der Waals surface area contributed by atoms with Crippen molar-refractivity contribution >= 4 is 29.9 Å². The Kier molecular flexibility index (Phi) is 7.21. The van der Waals surface area contributed by atoms with Crippen LogP contribution in [0.3, 0.4) is 0 Å². The molecule has 3 rings (SSSR count). The molecule has 0 aliphatic carbocycles. The lowest BCUT2D eigenvalue weighted by Crippen LogP contribution is -2.31. The number of anilines is 1. The Bertz CT molecular complexity index is 786. The number of halogens is 1. The summed E-state index contributed by atoms with van der Waals surface area (Å²) < 4.78 is 5.69. The standard InChI is InChI=1S/C20H23N3O3.ClH/c1-13(21)9-10-22-19(24)15-6-4-7-16(11-15)23-20(25)18-12-14-5-2-3-8-17(14)26-18;/h2-8,11,13,18H,9-10,12,21H2,1H3,(H,22,24)(H,23,25);1H. The summed E-state index contributed by atoms with van der Waals surface area (Å²) in [5, 5.41) is 5.65. The smallest absolute Gasteiger partial charge is 0.265 e. The molecular weight excluding hydrogens is 366 g/mol. The Morgan fingerprint density at radius 1 is 1.22 bits per heavy atom. The van der Waals surface area contributed by atoms with E-state index in [1.54, 1.807) is 24.3 Å². The molecule has 0 saturated carbocycles. The Labute approximate surface area is 164 Å². The number of amides is 2. The van der Waals surface area contributed by atoms with Gasteiger partial charge in [-0.1, -0.05) is 24.3 Å². The highest BCUT2D eigenvalue weighted by molar-refractivity contribution is 5.98. The van der Waals surface area contributed by atoms with E-state index in [-0.39, 0.29) is 30.3 Å². The van der Waals surface area contributed by atoms with Crippen molar-refractivity contribution in [3.05, 3.63) is 59.7 Å². The fourth-order valence-electron chi connectivity index (χ4n) is 2.80. The Morgan fingerprint density at radius 2 is 2.00 bits per heavy atom. The van der Waals surface area contributed by atoms with Crippen LogP contribution in [0, 0.1) is 0 Å². The van der Waals surface area contributed by atoms with E-state index in [1.165, 1.54) is 0 Å². The highest BCUT2D eigenvalue weighted by Gasteiger charge is 2.28. The molecule has 7 heteroatoms. The van der Waals surface area contributed by atoms with Gasteiger partial charge in [-0.2, -0.15) is 0 Å². The van der Waals surface area contributed by atoms with E-state index in [2.05, 4.69) is 10.6 Å². The molecule has 2 amide bonds. The van der Waals surface area contributed by atoms with E-state index in [1.807, 2.05) is 31.2 Å². The van der Waals surface area contributed by atoms with Crippen LogP contribution >= 0.6 is 12.4 Å². The number of benzene rings is 2. The first-order chi connectivity index (χ1) is 12.5. The van der Waals surface area contributed by atoms with Crippen LogP contribution in [-0.4, -0.2) is 30.5 Å². The van der Waals surface area contributed by atoms with Crippen LogP contribution in [0.2, 0.25) is 0 Å². The monoisotopic (exact) mass is 389 g/mol. The summed E-state index contributed by atoms with van der Waals surface area (Å²) in [6.07, 6.45) is 0.692. The lowest BCUT2D eigenvalue weighted by molar-refractivity contribution is -0.122. The molecule has 2 atom stereocenters. The molecule has 6 nitrogen and oxygen atoms in total. The molecule has 144 valence electrons. The van der Waals surface area contributed by atoms with E-state index in [9.17, 15) is 9.59 Å². The maximum atomic E-state index is 12.5. The molecule has 0 saturated heterocycles. The molecule has 27 heavy (non-hydrogen) atoms. The number of para-hydroxylation sites is 1. The van der Waals surface area contributed by atoms with E-state index < -0.39 is 6.10 Å². The summed E-state index contributed by atoms with van der Waals surface area (Å²) >= 11 is 0. The molecular formula is C20H24ClN3O3. The third-order valence-electron chi connectivity index (χ3n) is 4.22. The predicted octanol–water partition coefficient (Wildman–Crippen LogP) is 2.52. The van der Waals surface area contributed by atoms with Crippen molar-refractivity contribution in [3.63, 3.8) is 0 Å². The summed E-state index contributed by atoms with van der Waals surface area (Å²) in [4.78, 5) is 24.6. The summed E-state index contributed by atoms with van der Waals surface area (Å²) in [7, 11) is 0. The molecule has 2 unspecified atom stereocenters. The average Bonchev–Trinajstić information content (AvgIpc) is 3.06. The highest BCUT2D eigenvalue weighted by Crippen LogP contribution is 2.28. The number of hydrogen-bond donors (Lipinski definition) is 3. The number of nitrogens with one attached hydrogen (secondary N) is 2. The molecule has 4 N–H and O–H groups in total. The Hall–Kier alpha value is -2.57. The molecule has 0 radical (unpaired) electrons. The van der Waals surface area contributed by atoms with Gasteiger partial charge in [0.15, 0.2) is 6.10 Å². The Morgan fingerprint density at radius 3 is 2.74 bits per heavy atom. The number of nitrogens with two attached hydrogens (primary N) is 1. The van der Waals surface area contributed by atoms with Crippen molar-refractivity contribution < 1.29 is 14.3 Å². The van der Waals surface area contributed by atoms with Gasteiger partial charge in [-0.15, -0.1) is 12.4 Å². The topological polar surface area (TPSA) is 93.5 Å². The predicted molar refractivity (Wildman–Crippen MR) is 107 cm³/mol. The van der Waals surface area contributed by atoms with E-state index >= 15 is 0 Å². The third-order valence-corrected chi connectivity index (χ3v) is 4.22. The van der Waals surface area contributed by atoms with Crippen molar-refractivity contribution in [2.75, 3.05) is 11.9 Å². The van der Waals surface area contributed by atoms with Gasteiger partial charge >= 0.3 is 0 Å². The minimum absolute atomic E-state index is 0. The number of carbonyl (C=O) groups is 2. The molecule has 0 spiro atoms. The van der Waals surface area contributed by atoms with Crippen LogP contribution in [0.1, 0.15) is 29.3 Å². The van der Waals surface area contributed by atoms with Crippen molar-refractivity contribution in [2.45, 2.75) is 31.9 Å². The van der Waals surface area contributed by atoms with Crippen LogP contribution in [0.4, 0.5) is 5.69 Å². The number of ether oxygens (including phenoxy) is 1. The first-order valence-electron chi connectivity index (χ1n) is 8.72. The number of rotatable bonds is 6. The molecule has 0 aromatic heterocycles. The first-order valence-corrected chi connectivity index (χ1v) is 8.72. The Balaban J connectivity index is 0.00000261. The lowest BCUT2D eigenvalue weighted by atomic mass is 10.1. The largest absolute Gasteiger partial charge is 0.480 e. The number of hydrogen-bond acceptors (Lipinski definition) is 4. The number of fused-ring (bicyclic) bond motifs is 1. The molecule has 2 aromatic rings. The van der Waals surface area contributed by atoms with Crippen molar-refractivity contribution in [2.24, 2.45) is 5.73 Å². The maximum Gasteiger partial charge on any atom is 0.265 e. The maximum absolute atomic E-state index is 12.5. The summed E-state index contributed by atoms with van der Waals surface area (Å²) in [5.41, 5.74) is 7.75. The van der Waals surface area contributed by atoms with Gasteiger partial charge in [0, 0.05) is 30.3 Å². The molecule has 2 aromatic carbocycles. The zero-order valence-corrected chi connectivity index (χ0v) is 15.9. The summed E-state index contributed by atoms with van der Waals surface area (Å²) in [6, 6.07) is 14.5. The molecule has 1 aliphatic rings. The van der Waals surface area contributed by atoms with Gasteiger partial charge in [0.1, 0.15) is 5.75 Å². The molecule has 1 aliphatic heterocycles. The van der Waals surface area contributed by atoms with Crippen LogP contribution in [-0.2, 0) is 11.2 Å². The molecule has 0 bridgehead atoms. The van der Waals surface area contributed by atoms with Crippen molar-refractivity contribution in [3.8, 4) is 5.75 Å². The van der Waals surface area contributed by atoms with E-state index in [0.717, 1.165) is 11.3 Å². The molecule has 1 heterocycles. The van der Waals surface area contributed by atoms with Gasteiger partial charge in [-0.3, -0.25) is 9.59 Å². The van der Waals surface area contributed by atoms with Gasteiger partial charge in [-0.05, 0) is 43.2 Å². The lowest BCUT2D eigenvalue weighted by Gasteiger charge is -2.12. The van der Waals surface area contributed by atoms with E-state index in [0.29, 0.717) is 30.6 Å². The highest BCUT2D eigenvalue weighted by atomic mass is 35.5. The van der Waals surface area contributed by atoms with Gasteiger partial charge in [0.25, 0.3) is 11.8 Å². The number of carbonyl (C=O) groups excluding carboxylic acids is 2. The fourth-order valence-corrected chi connectivity index (χ4v) is 2.80. The van der Waals surface area contributed by atoms with Crippen molar-refractivity contribution in [1.82, 2.24) is 5.32 Å². The second-order valence-electron chi connectivity index (χ2n) is 6.51. The average molecular weight is 390 g/mol. The minimum atomic E-state index is -0.559. The van der Waals surface area contributed by atoms with Crippen LogP contribution < -0.4 is 21.1 Å². The normalized spacial score (nSPS) is 15.7. The fraction of sp³-hybridized carbons (Fsp3) is 0.300. The van der Waals surface area contributed by atoms with Gasteiger partial charge in [0.2, 0.25) is 0 Å². The van der Waals surface area contributed by atoms with Crippen molar-refractivity contribution in [1.29, 1.82) is 0 Å². The summed E-state index contributed by atoms with van der Waals surface area (Å²) in [6.45, 7) is 2.41. The second-order valence-corrected chi connectivity index (χ2v) is 6.51. The second kappa shape index (κ2) is 9.39. The van der Waals surface area contributed by atoms with Crippen LogP contribution in [0.25, 0.3) is 0 Å². The zero-order chi connectivity index (χ0) is 18.5. The van der Waals surface area contributed by atoms with E-state index in [4.69, 9.17) is 10.5 Å². The zero-order valence-electron chi connectivity index (χ0n) is 15.1. The quantitative estimate of drug-likeness (QED) is 0.707. The molecule has 0 fully saturated rings. The minimum Gasteiger partial charge on any atom is -0.480 e.